The first kappa shape index (κ1) is 26.3. The number of para-hydroxylation sites is 1. The maximum absolute atomic E-state index is 11.1. The molecule has 0 bridgehead atoms. The summed E-state index contributed by atoms with van der Waals surface area (Å²) in [6, 6.07) is 14.2. The number of rotatable bonds is 7. The Morgan fingerprint density at radius 1 is 0.914 bits per heavy atom. The van der Waals surface area contributed by atoms with E-state index in [4.69, 9.17) is 14.0 Å². The molecule has 4 rings (SSSR count). The molecule has 1 N–H and O–H groups in total. The molecule has 1 aliphatic rings. The number of thioether (sulfide) groups is 2. The third-order valence-corrected chi connectivity index (χ3v) is 9.49. The van der Waals surface area contributed by atoms with Gasteiger partial charge in [0.25, 0.3) is 15.1 Å². The smallest absolute Gasteiger partial charge is 0.264 e. The van der Waals surface area contributed by atoms with Crippen LogP contribution in [0.2, 0.25) is 0 Å². The van der Waals surface area contributed by atoms with E-state index in [0.29, 0.717) is 32.6 Å². The number of hydrogen-bond acceptors (Lipinski definition) is 7. The monoisotopic (exact) mass is 552 g/mol. The van der Waals surface area contributed by atoms with Crippen LogP contribution < -0.4 is 14.0 Å². The Kier molecular flexibility index (Phi) is 9.79. The first-order valence-corrected chi connectivity index (χ1v) is 16.3. The first-order chi connectivity index (χ1) is 17.0. The summed E-state index contributed by atoms with van der Waals surface area (Å²) in [6.45, 7) is 2.00. The lowest BCUT2D eigenvalue weighted by atomic mass is 10.2. The van der Waals surface area contributed by atoms with Gasteiger partial charge in [0.2, 0.25) is 5.52 Å². The van der Waals surface area contributed by atoms with Crippen LogP contribution in [-0.4, -0.2) is 54.9 Å². The van der Waals surface area contributed by atoms with Crippen LogP contribution in [-0.2, 0) is 16.7 Å². The van der Waals surface area contributed by atoms with Gasteiger partial charge in [0.15, 0.2) is 18.0 Å². The second kappa shape index (κ2) is 13.0. The Morgan fingerprint density at radius 2 is 1.66 bits per heavy atom. The summed E-state index contributed by atoms with van der Waals surface area (Å²) in [5.41, 5.74) is 2.14. The summed E-state index contributed by atoms with van der Waals surface area (Å²) in [5, 5.41) is 1.08. The molecule has 0 amide bonds. The zero-order valence-electron chi connectivity index (χ0n) is 19.4. The van der Waals surface area contributed by atoms with Gasteiger partial charge in [0, 0.05) is 41.6 Å². The average molecular weight is 553 g/mol. The van der Waals surface area contributed by atoms with Gasteiger partial charge in [-0.25, -0.2) is 0 Å². The van der Waals surface area contributed by atoms with Crippen molar-refractivity contribution in [3.8, 4) is 11.5 Å². The largest absolute Gasteiger partial charge is 0.489 e. The van der Waals surface area contributed by atoms with Crippen LogP contribution in [0.5, 0.6) is 11.5 Å². The minimum absolute atomic E-state index is 0.213. The summed E-state index contributed by atoms with van der Waals surface area (Å²) in [5.74, 6) is 5.54. The van der Waals surface area contributed by atoms with Crippen LogP contribution >= 0.6 is 34.9 Å². The van der Waals surface area contributed by atoms with E-state index in [0.717, 1.165) is 50.6 Å². The van der Waals surface area contributed by atoms with Gasteiger partial charge in [0.1, 0.15) is 4.70 Å². The van der Waals surface area contributed by atoms with Crippen molar-refractivity contribution in [2.45, 2.75) is 19.4 Å². The highest BCUT2D eigenvalue weighted by Crippen LogP contribution is 2.30. The highest BCUT2D eigenvalue weighted by Gasteiger charge is 2.18. The zero-order valence-corrected chi connectivity index (χ0v) is 22.7. The minimum Gasteiger partial charge on any atom is -0.489 e. The Hall–Kier alpha value is -1.72. The third-order valence-electron chi connectivity index (χ3n) is 5.40. The number of nitrogens with zero attached hydrogens (tertiary/aromatic N) is 1. The summed E-state index contributed by atoms with van der Waals surface area (Å²) >= 11 is 5.54. The zero-order chi connectivity index (χ0) is 24.5. The lowest BCUT2D eigenvalue weighted by Gasteiger charge is -2.14. The molecule has 188 valence electrons. The molecule has 3 aromatic rings. The fraction of sp³-hybridized carbons (Fsp3) is 0.400. The summed E-state index contributed by atoms with van der Waals surface area (Å²) in [6.07, 6.45) is 5.24. The molecule has 35 heavy (non-hydrogen) atoms. The molecule has 0 radical (unpaired) electrons. The van der Waals surface area contributed by atoms with E-state index < -0.39 is 10.1 Å². The topological polar surface area (TPSA) is 76.7 Å². The molecule has 2 aromatic carbocycles. The fourth-order valence-electron chi connectivity index (χ4n) is 3.73. The van der Waals surface area contributed by atoms with Gasteiger partial charge in [-0.05, 0) is 36.3 Å². The lowest BCUT2D eigenvalue weighted by Crippen LogP contribution is -2.35. The van der Waals surface area contributed by atoms with Gasteiger partial charge in [-0.1, -0.05) is 29.5 Å². The molecule has 0 atom stereocenters. The van der Waals surface area contributed by atoms with Crippen LogP contribution in [0.1, 0.15) is 23.4 Å². The summed E-state index contributed by atoms with van der Waals surface area (Å²) in [7, 11) is -3.93. The van der Waals surface area contributed by atoms with Crippen molar-refractivity contribution in [1.82, 2.24) is 0 Å². The Morgan fingerprint density at radius 3 is 2.43 bits per heavy atom. The van der Waals surface area contributed by atoms with Gasteiger partial charge in [-0.15, -0.1) is 0 Å². The Bertz CT molecular complexity index is 1260. The second-order valence-corrected chi connectivity index (χ2v) is 13.1. The van der Waals surface area contributed by atoms with Crippen LogP contribution in [0.25, 0.3) is 22.4 Å². The third kappa shape index (κ3) is 8.15. The maximum atomic E-state index is 11.1. The van der Waals surface area contributed by atoms with E-state index in [-0.39, 0.29) is 5.75 Å². The van der Waals surface area contributed by atoms with Gasteiger partial charge in [-0.2, -0.15) is 36.5 Å². The van der Waals surface area contributed by atoms with E-state index in [1.54, 1.807) is 11.3 Å². The molecule has 6 nitrogen and oxygen atoms in total. The number of benzene rings is 2. The molecule has 0 fully saturated rings. The van der Waals surface area contributed by atoms with E-state index in [2.05, 4.69) is 28.9 Å². The number of aromatic nitrogens is 1. The minimum atomic E-state index is -3.93. The van der Waals surface area contributed by atoms with Crippen LogP contribution in [0.3, 0.4) is 0 Å². The van der Waals surface area contributed by atoms with E-state index in [9.17, 15) is 8.42 Å². The fourth-order valence-corrected chi connectivity index (χ4v) is 7.15. The SMILES string of the molecule is O=S(=O)(O)CCCC[n+]1c(/C=C/c2ccc3c(c2)OCCSCCSCCO3)sc2ccccc21. The van der Waals surface area contributed by atoms with Crippen LogP contribution in [0.15, 0.2) is 42.5 Å². The maximum Gasteiger partial charge on any atom is 0.264 e. The summed E-state index contributed by atoms with van der Waals surface area (Å²) < 4.78 is 46.6. The number of aryl methyl sites for hydroxylation is 1. The Balaban J connectivity index is 1.53. The molecular weight excluding hydrogens is 523 g/mol. The van der Waals surface area contributed by atoms with Crippen molar-refractivity contribution < 1.29 is 27.0 Å². The molecule has 0 aliphatic carbocycles. The van der Waals surface area contributed by atoms with Gasteiger partial charge >= 0.3 is 0 Å². The van der Waals surface area contributed by atoms with E-state index >= 15 is 0 Å². The van der Waals surface area contributed by atoms with Gasteiger partial charge in [-0.3, -0.25) is 4.55 Å². The van der Waals surface area contributed by atoms with Crippen molar-refractivity contribution >= 4 is 67.3 Å². The molecule has 0 saturated carbocycles. The number of unbranched alkanes of at least 4 members (excludes halogenated alkanes) is 1. The van der Waals surface area contributed by atoms with Crippen molar-refractivity contribution in [2.24, 2.45) is 0 Å². The molecule has 0 spiro atoms. The van der Waals surface area contributed by atoms with Crippen LogP contribution in [0, 0.1) is 0 Å². The number of ether oxygens (including phenoxy) is 2. The van der Waals surface area contributed by atoms with E-state index in [1.807, 2.05) is 53.9 Å². The number of thiazole rings is 1. The summed E-state index contributed by atoms with van der Waals surface area (Å²) in [4.78, 5) is 0. The molecule has 0 unspecified atom stereocenters. The Labute approximate surface area is 219 Å². The van der Waals surface area contributed by atoms with Gasteiger partial charge < -0.3 is 9.47 Å². The molecular formula is C25H30NO5S4+. The quantitative estimate of drug-likeness (QED) is 0.243. The van der Waals surface area contributed by atoms with Crippen molar-refractivity contribution in [1.29, 1.82) is 0 Å². The van der Waals surface area contributed by atoms with E-state index in [1.165, 1.54) is 4.70 Å². The highest BCUT2D eigenvalue weighted by atomic mass is 32.2. The average Bonchev–Trinajstić information content (AvgIpc) is 3.18. The molecule has 0 saturated heterocycles. The van der Waals surface area contributed by atoms with Gasteiger partial charge in [0.05, 0.1) is 19.0 Å². The van der Waals surface area contributed by atoms with Crippen molar-refractivity contribution in [2.75, 3.05) is 42.0 Å². The first-order valence-electron chi connectivity index (χ1n) is 11.6. The molecule has 10 heteroatoms. The predicted octanol–water partition coefficient (Wildman–Crippen LogP) is 5.26. The molecule has 1 aliphatic heterocycles. The standard InChI is InChI=1S/C25H29NO5S4/c27-35(28,29)18-4-3-11-26-21-5-1-2-6-24(21)34-25(26)10-8-20-7-9-22-23(19-20)31-13-15-33-17-16-32-14-12-30-22/h1-2,5-10,19H,3-4,11-18H2/p+1/b10-8+. The second-order valence-electron chi connectivity index (χ2n) is 8.01. The number of hydrogen-bond donors (Lipinski definition) is 1. The van der Waals surface area contributed by atoms with Crippen LogP contribution in [0.4, 0.5) is 0 Å². The predicted molar refractivity (Wildman–Crippen MR) is 149 cm³/mol. The van der Waals surface area contributed by atoms with Crippen molar-refractivity contribution in [3.05, 3.63) is 53.0 Å². The normalized spacial score (nSPS) is 15.7. The van der Waals surface area contributed by atoms with Crippen molar-refractivity contribution in [3.63, 3.8) is 0 Å². The number of fused-ring (bicyclic) bond motifs is 2. The lowest BCUT2D eigenvalue weighted by molar-refractivity contribution is -0.669. The highest BCUT2D eigenvalue weighted by molar-refractivity contribution is 8.02. The molecule has 1 aromatic heterocycles. The molecule has 2 heterocycles.